The van der Waals surface area contributed by atoms with Gasteiger partial charge in [0, 0.05) is 33.5 Å². The van der Waals surface area contributed by atoms with Crippen LogP contribution in [0.15, 0.2) is 255 Å². The molecule has 2 heteroatoms. The van der Waals surface area contributed by atoms with Crippen LogP contribution in [0.2, 0.25) is 0 Å². The number of anilines is 3. The summed E-state index contributed by atoms with van der Waals surface area (Å²) in [5.41, 5.74) is 16.4. The van der Waals surface area contributed by atoms with Crippen LogP contribution >= 0.6 is 0 Å². The van der Waals surface area contributed by atoms with Gasteiger partial charge in [0.2, 0.25) is 0 Å². The molecule has 0 fully saturated rings. The molecule has 0 bridgehead atoms. The minimum absolute atomic E-state index is 1.09. The fourth-order valence-electron chi connectivity index (χ4n) is 9.46. The number of benzene rings is 11. The summed E-state index contributed by atoms with van der Waals surface area (Å²) < 4.78 is 2.39. The Balaban J connectivity index is 0.900. The van der Waals surface area contributed by atoms with Gasteiger partial charge < -0.3 is 9.47 Å². The molecule has 12 rings (SSSR count). The van der Waals surface area contributed by atoms with E-state index in [1.165, 1.54) is 87.9 Å². The van der Waals surface area contributed by atoms with Gasteiger partial charge in [-0.05, 0) is 145 Å². The Morgan fingerprint density at radius 1 is 0.234 bits per heavy atom. The van der Waals surface area contributed by atoms with Crippen molar-refractivity contribution in [3.8, 4) is 50.2 Å². The van der Waals surface area contributed by atoms with Crippen LogP contribution in [-0.4, -0.2) is 4.57 Å². The molecule has 300 valence electrons. The highest BCUT2D eigenvalue weighted by Gasteiger charge is 2.16. The van der Waals surface area contributed by atoms with E-state index < -0.39 is 0 Å². The van der Waals surface area contributed by atoms with E-state index in [2.05, 4.69) is 264 Å². The number of para-hydroxylation sites is 1. The average molecular weight is 815 g/mol. The Labute approximate surface area is 373 Å². The predicted molar refractivity (Wildman–Crippen MR) is 272 cm³/mol. The normalized spacial score (nSPS) is 11.4. The Bertz CT molecular complexity index is 3500. The van der Waals surface area contributed by atoms with Crippen molar-refractivity contribution in [3.05, 3.63) is 255 Å². The monoisotopic (exact) mass is 814 g/mol. The van der Waals surface area contributed by atoms with Crippen LogP contribution in [0.3, 0.4) is 0 Å². The molecule has 1 heterocycles. The van der Waals surface area contributed by atoms with E-state index in [0.717, 1.165) is 22.7 Å². The van der Waals surface area contributed by atoms with Crippen LogP contribution in [0.25, 0.3) is 93.5 Å². The second kappa shape index (κ2) is 15.8. The first kappa shape index (κ1) is 37.3. The molecule has 11 aromatic carbocycles. The third kappa shape index (κ3) is 6.79. The first-order valence-corrected chi connectivity index (χ1v) is 22.0. The van der Waals surface area contributed by atoms with Gasteiger partial charge in [-0.15, -0.1) is 0 Å². The van der Waals surface area contributed by atoms with Gasteiger partial charge in [-0.2, -0.15) is 0 Å². The molecule has 0 radical (unpaired) electrons. The minimum atomic E-state index is 1.09. The SMILES string of the molecule is c1ccc(-c2ccc(-n3c4ccccc4c4cc(-c5ccc(N(c6ccc(-c7ccc8ccccc8c7)cc6)c6ccc(-c7ccc8ccccc8c7)cc6)cc5)ccc43)cc2)cc1. The molecule has 0 N–H and O–H groups in total. The van der Waals surface area contributed by atoms with Crippen LogP contribution in [-0.2, 0) is 0 Å². The Kier molecular flexibility index (Phi) is 9.20. The first-order valence-electron chi connectivity index (χ1n) is 22.0. The number of hydrogen-bond donors (Lipinski definition) is 0. The topological polar surface area (TPSA) is 8.17 Å². The highest BCUT2D eigenvalue weighted by molar-refractivity contribution is 6.10. The minimum Gasteiger partial charge on any atom is -0.311 e. The lowest BCUT2D eigenvalue weighted by Gasteiger charge is -2.26. The number of hydrogen-bond acceptors (Lipinski definition) is 1. The number of fused-ring (bicyclic) bond motifs is 5. The van der Waals surface area contributed by atoms with Crippen molar-refractivity contribution in [2.45, 2.75) is 0 Å². The summed E-state index contributed by atoms with van der Waals surface area (Å²) in [4.78, 5) is 2.36. The summed E-state index contributed by atoms with van der Waals surface area (Å²) in [6.45, 7) is 0. The molecule has 0 saturated heterocycles. The lowest BCUT2D eigenvalue weighted by Crippen LogP contribution is -2.09. The Morgan fingerprint density at radius 2 is 0.609 bits per heavy atom. The summed E-state index contributed by atoms with van der Waals surface area (Å²) in [5, 5.41) is 7.48. The standard InChI is InChI=1S/C62H42N2/c1-2-10-43(11-3-1)46-22-37-58(38-23-46)64-61-17-9-8-16-59(61)60-42-54(30-39-62(60)64)49-28-35-57(36-29-49)63(55-31-24-47(25-32-55)52-20-18-44-12-4-6-14-50(44)40-52)56-33-26-48(27-34-56)53-21-19-45-13-5-7-15-51(45)41-53/h1-42H. The Morgan fingerprint density at radius 3 is 1.16 bits per heavy atom. The molecule has 2 nitrogen and oxygen atoms in total. The molecule has 0 aliphatic heterocycles. The molecule has 1 aromatic heterocycles. The molecule has 0 unspecified atom stereocenters. The highest BCUT2D eigenvalue weighted by atomic mass is 15.1. The van der Waals surface area contributed by atoms with Gasteiger partial charge >= 0.3 is 0 Å². The zero-order valence-corrected chi connectivity index (χ0v) is 35.1. The molecule has 12 aromatic rings. The summed E-state index contributed by atoms with van der Waals surface area (Å²) in [5.74, 6) is 0. The van der Waals surface area contributed by atoms with Crippen LogP contribution in [0.1, 0.15) is 0 Å². The molecule has 0 spiro atoms. The third-order valence-corrected chi connectivity index (χ3v) is 12.8. The fraction of sp³-hybridized carbons (Fsp3) is 0. The largest absolute Gasteiger partial charge is 0.311 e. The smallest absolute Gasteiger partial charge is 0.0541 e. The summed E-state index contributed by atoms with van der Waals surface area (Å²) >= 11 is 0. The predicted octanol–water partition coefficient (Wildman–Crippen LogP) is 17.2. The van der Waals surface area contributed by atoms with E-state index in [-0.39, 0.29) is 0 Å². The van der Waals surface area contributed by atoms with Crippen molar-refractivity contribution >= 4 is 60.4 Å². The fourth-order valence-corrected chi connectivity index (χ4v) is 9.46. The zero-order chi connectivity index (χ0) is 42.4. The molecule has 64 heavy (non-hydrogen) atoms. The quantitative estimate of drug-likeness (QED) is 0.148. The Hall–Kier alpha value is -8.46. The maximum atomic E-state index is 2.39. The van der Waals surface area contributed by atoms with Crippen molar-refractivity contribution in [2.75, 3.05) is 4.90 Å². The van der Waals surface area contributed by atoms with Gasteiger partial charge in [0.05, 0.1) is 11.0 Å². The van der Waals surface area contributed by atoms with Crippen molar-refractivity contribution < 1.29 is 0 Å². The van der Waals surface area contributed by atoms with Gasteiger partial charge in [0.15, 0.2) is 0 Å². The lowest BCUT2D eigenvalue weighted by molar-refractivity contribution is 1.18. The van der Waals surface area contributed by atoms with E-state index in [1.54, 1.807) is 0 Å². The maximum absolute atomic E-state index is 2.39. The van der Waals surface area contributed by atoms with Crippen molar-refractivity contribution in [3.63, 3.8) is 0 Å². The second-order valence-corrected chi connectivity index (χ2v) is 16.6. The second-order valence-electron chi connectivity index (χ2n) is 16.6. The van der Waals surface area contributed by atoms with E-state index in [1.807, 2.05) is 0 Å². The molecule has 0 aliphatic rings. The van der Waals surface area contributed by atoms with Crippen LogP contribution in [0.4, 0.5) is 17.1 Å². The number of nitrogens with zero attached hydrogens (tertiary/aromatic N) is 2. The van der Waals surface area contributed by atoms with Crippen molar-refractivity contribution in [2.24, 2.45) is 0 Å². The maximum Gasteiger partial charge on any atom is 0.0541 e. The first-order chi connectivity index (χ1) is 31.7. The summed E-state index contributed by atoms with van der Waals surface area (Å²) in [6.07, 6.45) is 0. The third-order valence-electron chi connectivity index (χ3n) is 12.8. The van der Waals surface area contributed by atoms with Crippen LogP contribution in [0, 0.1) is 0 Å². The molecule has 0 atom stereocenters. The molecular formula is C62H42N2. The number of aromatic nitrogens is 1. The molecule has 0 amide bonds. The van der Waals surface area contributed by atoms with Gasteiger partial charge in [-0.25, -0.2) is 0 Å². The van der Waals surface area contributed by atoms with E-state index in [9.17, 15) is 0 Å². The molecule has 0 aliphatic carbocycles. The van der Waals surface area contributed by atoms with E-state index >= 15 is 0 Å². The average Bonchev–Trinajstić information content (AvgIpc) is 3.71. The molecular weight excluding hydrogens is 773 g/mol. The molecule has 0 saturated carbocycles. The van der Waals surface area contributed by atoms with Gasteiger partial charge in [0.25, 0.3) is 0 Å². The summed E-state index contributed by atoms with van der Waals surface area (Å²) in [7, 11) is 0. The van der Waals surface area contributed by atoms with Crippen LogP contribution in [0.5, 0.6) is 0 Å². The van der Waals surface area contributed by atoms with Crippen LogP contribution < -0.4 is 4.90 Å². The van der Waals surface area contributed by atoms with Crippen molar-refractivity contribution in [1.29, 1.82) is 0 Å². The van der Waals surface area contributed by atoms with E-state index in [4.69, 9.17) is 0 Å². The number of rotatable bonds is 8. The van der Waals surface area contributed by atoms with Gasteiger partial charge in [-0.3, -0.25) is 0 Å². The van der Waals surface area contributed by atoms with Gasteiger partial charge in [0.1, 0.15) is 0 Å². The van der Waals surface area contributed by atoms with Crippen molar-refractivity contribution in [1.82, 2.24) is 4.57 Å². The van der Waals surface area contributed by atoms with Gasteiger partial charge in [-0.1, -0.05) is 176 Å². The van der Waals surface area contributed by atoms with E-state index in [0.29, 0.717) is 0 Å². The lowest BCUT2D eigenvalue weighted by atomic mass is 9.99. The zero-order valence-electron chi connectivity index (χ0n) is 35.1. The highest BCUT2D eigenvalue weighted by Crippen LogP contribution is 2.40. The summed E-state index contributed by atoms with van der Waals surface area (Å²) in [6, 6.07) is 92.7.